The lowest BCUT2D eigenvalue weighted by atomic mass is 10.2. The van der Waals surface area contributed by atoms with Crippen LogP contribution in [0.3, 0.4) is 0 Å². The molecule has 1 aromatic heterocycles. The zero-order valence-electron chi connectivity index (χ0n) is 9.93. The smallest absolute Gasteiger partial charge is 0.266 e. The van der Waals surface area contributed by atoms with E-state index in [9.17, 15) is 9.18 Å². The van der Waals surface area contributed by atoms with Crippen molar-refractivity contribution in [2.45, 2.75) is 6.42 Å². The first-order chi connectivity index (χ1) is 8.65. The second-order valence-corrected chi connectivity index (χ2v) is 4.33. The number of aromatic nitrogens is 2. The van der Waals surface area contributed by atoms with Gasteiger partial charge in [0.25, 0.3) is 5.56 Å². The van der Waals surface area contributed by atoms with Gasteiger partial charge in [-0.25, -0.2) is 9.07 Å². The third-order valence-corrected chi connectivity index (χ3v) is 3.17. The Morgan fingerprint density at radius 3 is 2.89 bits per heavy atom. The molecule has 0 bridgehead atoms. The Bertz CT molecular complexity index is 666. The van der Waals surface area contributed by atoms with Crippen LogP contribution in [-0.2, 0) is 13.5 Å². The largest absolute Gasteiger partial charge is 0.324 e. The Morgan fingerprint density at radius 2 is 2.11 bits per heavy atom. The maximum atomic E-state index is 13.3. The number of aryl methyl sites for hydroxylation is 1. The summed E-state index contributed by atoms with van der Waals surface area (Å²) in [4.78, 5) is 13.2. The molecule has 0 unspecified atom stereocenters. The fraction of sp³-hybridized carbons (Fsp3) is 0.231. The van der Waals surface area contributed by atoms with Crippen LogP contribution in [0.25, 0.3) is 0 Å². The summed E-state index contributed by atoms with van der Waals surface area (Å²) >= 11 is 0. The molecule has 2 aromatic rings. The van der Waals surface area contributed by atoms with E-state index in [1.165, 1.54) is 22.9 Å². The van der Waals surface area contributed by atoms with Crippen molar-refractivity contribution in [2.75, 3.05) is 11.4 Å². The highest BCUT2D eigenvalue weighted by Crippen LogP contribution is 2.33. The zero-order valence-corrected chi connectivity index (χ0v) is 9.93. The first-order valence-corrected chi connectivity index (χ1v) is 5.75. The summed E-state index contributed by atoms with van der Waals surface area (Å²) in [6, 6.07) is 7.92. The number of benzene rings is 1. The number of hydrogen-bond acceptors (Lipinski definition) is 3. The lowest BCUT2D eigenvalue weighted by Gasteiger charge is -2.18. The third kappa shape index (κ3) is 1.68. The van der Waals surface area contributed by atoms with E-state index in [4.69, 9.17) is 0 Å². The van der Waals surface area contributed by atoms with Gasteiger partial charge in [0.1, 0.15) is 5.82 Å². The number of fused-ring (bicyclic) bond motifs is 1. The van der Waals surface area contributed by atoms with E-state index in [1.807, 2.05) is 4.90 Å². The fourth-order valence-corrected chi connectivity index (χ4v) is 2.22. The Morgan fingerprint density at radius 1 is 1.28 bits per heavy atom. The summed E-state index contributed by atoms with van der Waals surface area (Å²) in [6.07, 6.45) is 0.861. The summed E-state index contributed by atoms with van der Waals surface area (Å²) in [5, 5.41) is 4.19. The minimum absolute atomic E-state index is 0.155. The van der Waals surface area contributed by atoms with Crippen LogP contribution in [0.15, 0.2) is 35.1 Å². The van der Waals surface area contributed by atoms with Crippen molar-refractivity contribution in [3.8, 4) is 0 Å². The second-order valence-electron chi connectivity index (χ2n) is 4.33. The summed E-state index contributed by atoms with van der Waals surface area (Å²) < 4.78 is 14.6. The molecule has 0 N–H and O–H groups in total. The first-order valence-electron chi connectivity index (χ1n) is 5.75. The van der Waals surface area contributed by atoms with Gasteiger partial charge < -0.3 is 4.90 Å². The lowest BCUT2D eigenvalue weighted by Crippen LogP contribution is -2.23. The molecule has 0 aliphatic carbocycles. The highest BCUT2D eigenvalue weighted by atomic mass is 19.1. The highest BCUT2D eigenvalue weighted by molar-refractivity contribution is 5.67. The van der Waals surface area contributed by atoms with Crippen molar-refractivity contribution in [1.29, 1.82) is 0 Å². The van der Waals surface area contributed by atoms with Crippen LogP contribution in [0, 0.1) is 5.82 Å². The van der Waals surface area contributed by atoms with E-state index in [2.05, 4.69) is 5.10 Å². The van der Waals surface area contributed by atoms with Crippen LogP contribution in [-0.4, -0.2) is 16.3 Å². The van der Waals surface area contributed by atoms with Crippen LogP contribution < -0.4 is 10.5 Å². The SMILES string of the molecule is Cn1nc(N2CCc3ccc(F)cc32)ccc1=O. The molecule has 5 heteroatoms. The average molecular weight is 245 g/mol. The average Bonchev–Trinajstić information content (AvgIpc) is 2.75. The molecular weight excluding hydrogens is 233 g/mol. The van der Waals surface area contributed by atoms with Crippen LogP contribution >= 0.6 is 0 Å². The fourth-order valence-electron chi connectivity index (χ4n) is 2.22. The monoisotopic (exact) mass is 245 g/mol. The van der Waals surface area contributed by atoms with Gasteiger partial charge in [0.2, 0.25) is 0 Å². The van der Waals surface area contributed by atoms with Crippen molar-refractivity contribution in [2.24, 2.45) is 7.05 Å². The van der Waals surface area contributed by atoms with Crippen molar-refractivity contribution < 1.29 is 4.39 Å². The number of halogens is 1. The van der Waals surface area contributed by atoms with Gasteiger partial charge >= 0.3 is 0 Å². The molecule has 0 spiro atoms. The van der Waals surface area contributed by atoms with Gasteiger partial charge in [-0.2, -0.15) is 5.10 Å². The minimum Gasteiger partial charge on any atom is -0.324 e. The van der Waals surface area contributed by atoms with Crippen molar-refractivity contribution in [3.05, 3.63) is 52.1 Å². The van der Waals surface area contributed by atoms with Crippen LogP contribution in [0.1, 0.15) is 5.56 Å². The summed E-state index contributed by atoms with van der Waals surface area (Å²) in [5.74, 6) is 0.409. The first kappa shape index (κ1) is 11.0. The normalized spacial score (nSPS) is 13.8. The maximum Gasteiger partial charge on any atom is 0.266 e. The molecule has 0 saturated heterocycles. The lowest BCUT2D eigenvalue weighted by molar-refractivity contribution is 0.627. The number of rotatable bonds is 1. The quantitative estimate of drug-likeness (QED) is 0.766. The van der Waals surface area contributed by atoms with Gasteiger partial charge in [0, 0.05) is 25.3 Å². The van der Waals surface area contributed by atoms with Crippen molar-refractivity contribution in [3.63, 3.8) is 0 Å². The molecule has 0 atom stereocenters. The molecule has 3 rings (SSSR count). The van der Waals surface area contributed by atoms with Crippen molar-refractivity contribution in [1.82, 2.24) is 9.78 Å². The predicted molar refractivity (Wildman–Crippen MR) is 66.6 cm³/mol. The summed E-state index contributed by atoms with van der Waals surface area (Å²) in [6.45, 7) is 0.754. The van der Waals surface area contributed by atoms with Gasteiger partial charge in [-0.05, 0) is 30.2 Å². The summed E-state index contributed by atoms with van der Waals surface area (Å²) in [5.41, 5.74) is 1.78. The van der Waals surface area contributed by atoms with Crippen LogP contribution in [0.2, 0.25) is 0 Å². The van der Waals surface area contributed by atoms with Gasteiger partial charge in [0.15, 0.2) is 5.82 Å². The van der Waals surface area contributed by atoms with E-state index < -0.39 is 0 Å². The minimum atomic E-state index is -0.259. The molecule has 0 amide bonds. The van der Waals surface area contributed by atoms with E-state index in [1.54, 1.807) is 19.2 Å². The number of nitrogens with zero attached hydrogens (tertiary/aromatic N) is 3. The molecule has 0 saturated carbocycles. The molecule has 92 valence electrons. The summed E-state index contributed by atoms with van der Waals surface area (Å²) in [7, 11) is 1.61. The zero-order chi connectivity index (χ0) is 12.7. The Balaban J connectivity index is 2.08. The molecule has 18 heavy (non-hydrogen) atoms. The van der Waals surface area contributed by atoms with Crippen LogP contribution in [0.5, 0.6) is 0 Å². The predicted octanol–water partition coefficient (Wildman–Crippen LogP) is 1.61. The Labute approximate surface area is 103 Å². The standard InChI is InChI=1S/C13H12FN3O/c1-16-13(18)5-4-12(15-16)17-7-6-9-2-3-10(14)8-11(9)17/h2-5,8H,6-7H2,1H3. The Hall–Kier alpha value is -2.17. The topological polar surface area (TPSA) is 38.1 Å². The number of hydrogen-bond donors (Lipinski definition) is 0. The highest BCUT2D eigenvalue weighted by Gasteiger charge is 2.22. The van der Waals surface area contributed by atoms with Gasteiger partial charge in [-0.1, -0.05) is 6.07 Å². The second kappa shape index (κ2) is 3.94. The molecule has 0 radical (unpaired) electrons. The van der Waals surface area contributed by atoms with E-state index in [0.717, 1.165) is 24.2 Å². The molecular formula is C13H12FN3O. The molecule has 2 heterocycles. The van der Waals surface area contributed by atoms with E-state index >= 15 is 0 Å². The molecule has 4 nitrogen and oxygen atoms in total. The molecule has 1 aliphatic rings. The Kier molecular flexibility index (Phi) is 2.40. The van der Waals surface area contributed by atoms with E-state index in [0.29, 0.717) is 5.82 Å². The van der Waals surface area contributed by atoms with Gasteiger partial charge in [-0.3, -0.25) is 4.79 Å². The molecule has 0 fully saturated rings. The van der Waals surface area contributed by atoms with Gasteiger partial charge in [0.05, 0.1) is 0 Å². The van der Waals surface area contributed by atoms with E-state index in [-0.39, 0.29) is 11.4 Å². The van der Waals surface area contributed by atoms with Crippen LogP contribution in [0.4, 0.5) is 15.9 Å². The third-order valence-electron chi connectivity index (χ3n) is 3.17. The molecule has 1 aliphatic heterocycles. The van der Waals surface area contributed by atoms with Gasteiger partial charge in [-0.15, -0.1) is 0 Å². The van der Waals surface area contributed by atoms with Crippen molar-refractivity contribution >= 4 is 11.5 Å². The molecule has 1 aromatic carbocycles. The maximum absolute atomic E-state index is 13.3. The number of anilines is 2.